The Morgan fingerprint density at radius 2 is 2.06 bits per heavy atom. The molecule has 1 heterocycles. The van der Waals surface area contributed by atoms with Crippen molar-refractivity contribution in [1.29, 1.82) is 0 Å². The van der Waals surface area contributed by atoms with Crippen LogP contribution in [0.4, 0.5) is 0 Å². The molecule has 180 valence electrons. The van der Waals surface area contributed by atoms with Crippen LogP contribution >= 0.6 is 0 Å². The van der Waals surface area contributed by atoms with Gasteiger partial charge in [0.05, 0.1) is 0 Å². The van der Waals surface area contributed by atoms with Gasteiger partial charge in [-0.3, -0.25) is 4.90 Å². The molecule has 1 aliphatic heterocycles. The lowest BCUT2D eigenvalue weighted by atomic mass is 9.96. The van der Waals surface area contributed by atoms with Crippen LogP contribution in [-0.2, 0) is 4.74 Å². The second kappa shape index (κ2) is 14.6. The van der Waals surface area contributed by atoms with Gasteiger partial charge in [0.15, 0.2) is 0 Å². The Morgan fingerprint density at radius 1 is 1.28 bits per heavy atom. The summed E-state index contributed by atoms with van der Waals surface area (Å²) in [6, 6.07) is 0.486. The summed E-state index contributed by atoms with van der Waals surface area (Å²) in [6.07, 6.45) is 17.0. The maximum Gasteiger partial charge on any atom is 0.111 e. The highest BCUT2D eigenvalue weighted by Crippen LogP contribution is 2.33. The van der Waals surface area contributed by atoms with Crippen molar-refractivity contribution < 1.29 is 9.84 Å². The quantitative estimate of drug-likeness (QED) is 0.199. The van der Waals surface area contributed by atoms with Gasteiger partial charge in [0.2, 0.25) is 0 Å². The minimum absolute atomic E-state index is 0.300. The molecule has 2 rings (SSSR count). The fourth-order valence-electron chi connectivity index (χ4n) is 4.44. The lowest BCUT2D eigenvalue weighted by Gasteiger charge is -2.36. The first-order valence-corrected chi connectivity index (χ1v) is 12.5. The SMILES string of the molecule is C=CC(=C\CCC)/C(C)=C/C(=C\C(=C)CCCOC)CN(C1CC1)C(O)[C@@H]1CCCNC1. The molecule has 32 heavy (non-hydrogen) atoms. The number of ether oxygens (including phenoxy) is 1. The average molecular weight is 443 g/mol. The second-order valence-electron chi connectivity index (χ2n) is 9.38. The lowest BCUT2D eigenvalue weighted by Crippen LogP contribution is -2.48. The first-order chi connectivity index (χ1) is 15.5. The molecule has 0 aromatic heterocycles. The highest BCUT2D eigenvalue weighted by molar-refractivity contribution is 5.43. The van der Waals surface area contributed by atoms with Crippen LogP contribution in [0.15, 0.2) is 59.8 Å². The first kappa shape index (κ1) is 26.8. The summed E-state index contributed by atoms with van der Waals surface area (Å²) in [7, 11) is 1.74. The highest BCUT2D eigenvalue weighted by atomic mass is 16.5. The van der Waals surface area contributed by atoms with E-state index in [1.165, 1.54) is 29.6 Å². The average Bonchev–Trinajstić information content (AvgIpc) is 3.63. The fraction of sp³-hybridized carbons (Fsp3) is 0.643. The summed E-state index contributed by atoms with van der Waals surface area (Å²) in [4.78, 5) is 2.33. The minimum atomic E-state index is -0.399. The van der Waals surface area contributed by atoms with Crippen LogP contribution in [0.2, 0.25) is 0 Å². The molecule has 1 saturated heterocycles. The third-order valence-corrected chi connectivity index (χ3v) is 6.44. The van der Waals surface area contributed by atoms with Crippen LogP contribution in [-0.4, -0.2) is 55.6 Å². The normalized spacial score (nSPS) is 21.7. The zero-order chi connectivity index (χ0) is 23.3. The maximum atomic E-state index is 11.3. The van der Waals surface area contributed by atoms with Gasteiger partial charge in [-0.15, -0.1) is 0 Å². The van der Waals surface area contributed by atoms with Crippen molar-refractivity contribution in [2.24, 2.45) is 5.92 Å². The molecule has 0 bridgehead atoms. The molecule has 0 aromatic rings. The molecule has 0 aromatic carbocycles. The van der Waals surface area contributed by atoms with Gasteiger partial charge in [-0.25, -0.2) is 0 Å². The number of nitrogens with zero attached hydrogens (tertiary/aromatic N) is 1. The topological polar surface area (TPSA) is 44.7 Å². The van der Waals surface area contributed by atoms with E-state index in [9.17, 15) is 5.11 Å². The number of rotatable bonds is 15. The largest absolute Gasteiger partial charge is 0.385 e. The number of aliphatic hydroxyl groups excluding tert-OH is 1. The predicted octanol–water partition coefficient (Wildman–Crippen LogP) is 5.54. The monoisotopic (exact) mass is 442 g/mol. The van der Waals surface area contributed by atoms with Gasteiger partial charge < -0.3 is 15.2 Å². The standard InChI is InChI=1S/C28H46N2O2/c1-6-8-12-25(7-2)23(4)19-24(18-22(3)11-10-17-32-5)21-30(27-14-15-27)28(31)26-13-9-16-29-20-26/h7,12,18-19,26-29,31H,2-3,6,8-11,13-17,20-21H2,1,4-5H3/b23-19+,24-18+,25-12+/t26-,28?/m1/s1. The van der Waals surface area contributed by atoms with Gasteiger partial charge in [0, 0.05) is 38.8 Å². The van der Waals surface area contributed by atoms with Crippen molar-refractivity contribution in [2.45, 2.75) is 77.5 Å². The lowest BCUT2D eigenvalue weighted by molar-refractivity contribution is -0.0461. The molecule has 2 N–H and O–H groups in total. The Balaban J connectivity index is 2.24. The van der Waals surface area contributed by atoms with Crippen LogP contribution < -0.4 is 5.32 Å². The Bertz CT molecular complexity index is 682. The van der Waals surface area contributed by atoms with Crippen molar-refractivity contribution in [1.82, 2.24) is 10.2 Å². The number of hydrogen-bond acceptors (Lipinski definition) is 4. The van der Waals surface area contributed by atoms with Gasteiger partial charge >= 0.3 is 0 Å². The van der Waals surface area contributed by atoms with Crippen molar-refractivity contribution in [2.75, 3.05) is 33.4 Å². The molecule has 1 saturated carbocycles. The third-order valence-electron chi connectivity index (χ3n) is 6.44. The number of nitrogens with one attached hydrogen (secondary N) is 1. The number of unbranched alkanes of at least 4 members (excludes halogenated alkanes) is 1. The Morgan fingerprint density at radius 3 is 2.66 bits per heavy atom. The highest BCUT2D eigenvalue weighted by Gasteiger charge is 2.37. The molecule has 0 radical (unpaired) electrons. The smallest absolute Gasteiger partial charge is 0.111 e. The summed E-state index contributed by atoms with van der Waals surface area (Å²) < 4.78 is 5.21. The Hall–Kier alpha value is -1.46. The number of aliphatic hydroxyl groups is 1. The molecule has 0 spiro atoms. The van der Waals surface area contributed by atoms with Crippen molar-refractivity contribution >= 4 is 0 Å². The van der Waals surface area contributed by atoms with E-state index in [-0.39, 0.29) is 0 Å². The van der Waals surface area contributed by atoms with Crippen LogP contribution in [0.1, 0.15) is 65.2 Å². The van der Waals surface area contributed by atoms with Gasteiger partial charge in [-0.2, -0.15) is 0 Å². The summed E-state index contributed by atoms with van der Waals surface area (Å²) in [5.41, 5.74) is 4.74. The molecule has 2 fully saturated rings. The number of methoxy groups -OCH3 is 1. The zero-order valence-electron chi connectivity index (χ0n) is 20.7. The third kappa shape index (κ3) is 9.19. The molecular formula is C28H46N2O2. The molecule has 4 heteroatoms. The van der Waals surface area contributed by atoms with E-state index in [0.717, 1.165) is 70.3 Å². The summed E-state index contributed by atoms with van der Waals surface area (Å²) >= 11 is 0. The predicted molar refractivity (Wildman–Crippen MR) is 137 cm³/mol. The van der Waals surface area contributed by atoms with E-state index < -0.39 is 6.23 Å². The summed E-state index contributed by atoms with van der Waals surface area (Å²) in [6.45, 7) is 16.2. The molecule has 2 atom stereocenters. The molecule has 1 unspecified atom stereocenters. The second-order valence-corrected chi connectivity index (χ2v) is 9.38. The number of piperidine rings is 1. The van der Waals surface area contributed by atoms with E-state index in [0.29, 0.717) is 12.0 Å². The Kier molecular flexibility index (Phi) is 12.3. The van der Waals surface area contributed by atoms with Gasteiger partial charge in [-0.1, -0.05) is 56.4 Å². The zero-order valence-corrected chi connectivity index (χ0v) is 20.7. The van der Waals surface area contributed by atoms with Crippen molar-refractivity contribution in [3.8, 4) is 0 Å². The summed E-state index contributed by atoms with van der Waals surface area (Å²) in [5, 5.41) is 14.7. The molecule has 2 aliphatic rings. The number of allylic oxidation sites excluding steroid dienone is 6. The van der Waals surface area contributed by atoms with Gasteiger partial charge in [-0.05, 0) is 75.1 Å². The van der Waals surface area contributed by atoms with E-state index in [1.807, 2.05) is 6.08 Å². The van der Waals surface area contributed by atoms with E-state index in [2.05, 4.69) is 55.5 Å². The molecule has 0 amide bonds. The molecular weight excluding hydrogens is 396 g/mol. The van der Waals surface area contributed by atoms with E-state index in [1.54, 1.807) is 7.11 Å². The summed E-state index contributed by atoms with van der Waals surface area (Å²) in [5.74, 6) is 0.300. The van der Waals surface area contributed by atoms with Crippen LogP contribution in [0, 0.1) is 5.92 Å². The fourth-order valence-corrected chi connectivity index (χ4v) is 4.44. The van der Waals surface area contributed by atoms with Crippen LogP contribution in [0.3, 0.4) is 0 Å². The van der Waals surface area contributed by atoms with Gasteiger partial charge in [0.1, 0.15) is 6.23 Å². The van der Waals surface area contributed by atoms with Gasteiger partial charge in [0.25, 0.3) is 0 Å². The first-order valence-electron chi connectivity index (χ1n) is 12.5. The molecule has 1 aliphatic carbocycles. The van der Waals surface area contributed by atoms with Crippen molar-refractivity contribution in [3.05, 3.63) is 59.8 Å². The maximum absolute atomic E-state index is 11.3. The number of hydrogen-bond donors (Lipinski definition) is 2. The van der Waals surface area contributed by atoms with Crippen LogP contribution in [0.5, 0.6) is 0 Å². The molecule has 4 nitrogen and oxygen atoms in total. The van der Waals surface area contributed by atoms with Crippen molar-refractivity contribution in [3.63, 3.8) is 0 Å². The van der Waals surface area contributed by atoms with Crippen LogP contribution in [0.25, 0.3) is 0 Å². The van der Waals surface area contributed by atoms with E-state index >= 15 is 0 Å². The van der Waals surface area contributed by atoms with E-state index in [4.69, 9.17) is 4.74 Å². The minimum Gasteiger partial charge on any atom is -0.385 e. The Labute approximate surface area is 196 Å².